The molecule has 2 N–H and O–H groups in total. The highest BCUT2D eigenvalue weighted by Crippen LogP contribution is 2.17. The van der Waals surface area contributed by atoms with E-state index in [0.29, 0.717) is 11.1 Å². The van der Waals surface area contributed by atoms with Crippen LogP contribution in [0.3, 0.4) is 0 Å². The van der Waals surface area contributed by atoms with Crippen LogP contribution in [0.5, 0.6) is 0 Å². The van der Waals surface area contributed by atoms with Gasteiger partial charge in [0, 0.05) is 12.5 Å². The van der Waals surface area contributed by atoms with Gasteiger partial charge in [-0.3, -0.25) is 9.59 Å². The molecule has 4 heteroatoms. The van der Waals surface area contributed by atoms with Gasteiger partial charge in [0.2, 0.25) is 0 Å². The summed E-state index contributed by atoms with van der Waals surface area (Å²) in [6, 6.07) is 5.44. The molecule has 1 rings (SSSR count). The van der Waals surface area contributed by atoms with Gasteiger partial charge in [0.1, 0.15) is 6.29 Å². The zero-order valence-electron chi connectivity index (χ0n) is 9.60. The minimum absolute atomic E-state index is 0.574. The summed E-state index contributed by atoms with van der Waals surface area (Å²) in [5.74, 6) is -0.833. The van der Waals surface area contributed by atoms with Crippen LogP contribution in [0, 0.1) is 6.92 Å². The first-order chi connectivity index (χ1) is 7.38. The number of aryl methyl sites for hydroxylation is 1. The van der Waals surface area contributed by atoms with E-state index in [4.69, 9.17) is 9.90 Å². The van der Waals surface area contributed by atoms with E-state index >= 15 is 0 Å². The van der Waals surface area contributed by atoms with Gasteiger partial charge in [-0.05, 0) is 25.5 Å². The molecule has 0 saturated heterocycles. The number of rotatable bonds is 2. The lowest BCUT2D eigenvalue weighted by Gasteiger charge is -2.07. The Morgan fingerprint density at radius 1 is 1.44 bits per heavy atom. The van der Waals surface area contributed by atoms with Gasteiger partial charge in [-0.2, -0.15) is 0 Å². The molecule has 0 spiro atoms. The van der Waals surface area contributed by atoms with Crippen molar-refractivity contribution in [3.05, 3.63) is 34.9 Å². The Morgan fingerprint density at radius 2 is 1.94 bits per heavy atom. The van der Waals surface area contributed by atoms with Crippen molar-refractivity contribution in [2.75, 3.05) is 0 Å². The first-order valence-electron chi connectivity index (χ1n) is 4.81. The van der Waals surface area contributed by atoms with Gasteiger partial charge in [-0.1, -0.05) is 17.7 Å². The third kappa shape index (κ3) is 5.26. The first kappa shape index (κ1) is 14.3. The maximum Gasteiger partial charge on any atom is 0.300 e. The molecule has 0 heterocycles. The molecular weight excluding hydrogens is 208 g/mol. The standard InChI is InChI=1S/C10H12O2.C2H4O2/c1-7-3-4-10(8(2)12)9(5-7)6-11;1-2(3)4/h3-6,8,12H,1-2H3;1H3,(H,3,4). The molecular formula is C12H16O4. The second kappa shape index (κ2) is 6.74. The van der Waals surface area contributed by atoms with E-state index in [1.807, 2.05) is 13.0 Å². The predicted octanol–water partition coefficient (Wildman–Crippen LogP) is 1.95. The normalized spacial score (nSPS) is 11.0. The van der Waals surface area contributed by atoms with Crippen molar-refractivity contribution < 1.29 is 19.8 Å². The monoisotopic (exact) mass is 224 g/mol. The minimum Gasteiger partial charge on any atom is -0.481 e. The van der Waals surface area contributed by atoms with E-state index in [0.717, 1.165) is 18.8 Å². The zero-order chi connectivity index (χ0) is 12.7. The van der Waals surface area contributed by atoms with Crippen LogP contribution in [0.15, 0.2) is 18.2 Å². The van der Waals surface area contributed by atoms with E-state index in [1.54, 1.807) is 19.1 Å². The molecule has 0 radical (unpaired) electrons. The SMILES string of the molecule is CC(=O)O.Cc1ccc(C(C)O)c(C=O)c1. The Bertz CT molecular complexity index is 365. The fraction of sp³-hybridized carbons (Fsp3) is 0.333. The number of carboxylic acids is 1. The molecule has 0 aromatic heterocycles. The number of carbonyl (C=O) groups excluding carboxylic acids is 1. The average molecular weight is 224 g/mol. The summed E-state index contributed by atoms with van der Waals surface area (Å²) >= 11 is 0. The summed E-state index contributed by atoms with van der Waals surface area (Å²) < 4.78 is 0. The highest BCUT2D eigenvalue weighted by molar-refractivity contribution is 5.77. The van der Waals surface area contributed by atoms with Crippen molar-refractivity contribution in [2.45, 2.75) is 26.9 Å². The van der Waals surface area contributed by atoms with E-state index in [2.05, 4.69) is 0 Å². The first-order valence-corrected chi connectivity index (χ1v) is 4.81. The maximum atomic E-state index is 10.6. The van der Waals surface area contributed by atoms with E-state index in [1.165, 1.54) is 0 Å². The van der Waals surface area contributed by atoms with Gasteiger partial charge in [0.15, 0.2) is 0 Å². The summed E-state index contributed by atoms with van der Waals surface area (Å²) in [6.07, 6.45) is 0.195. The predicted molar refractivity (Wildman–Crippen MR) is 60.5 cm³/mol. The second-order valence-corrected chi connectivity index (χ2v) is 3.45. The van der Waals surface area contributed by atoms with Gasteiger partial charge in [-0.25, -0.2) is 0 Å². The highest BCUT2D eigenvalue weighted by atomic mass is 16.4. The molecule has 1 atom stereocenters. The molecule has 0 amide bonds. The van der Waals surface area contributed by atoms with Gasteiger partial charge < -0.3 is 10.2 Å². The molecule has 4 nitrogen and oxygen atoms in total. The summed E-state index contributed by atoms with van der Waals surface area (Å²) in [5, 5.41) is 16.7. The van der Waals surface area contributed by atoms with E-state index < -0.39 is 12.1 Å². The van der Waals surface area contributed by atoms with Gasteiger partial charge in [0.25, 0.3) is 5.97 Å². The molecule has 16 heavy (non-hydrogen) atoms. The number of aliphatic hydroxyl groups is 1. The third-order valence-electron chi connectivity index (χ3n) is 1.82. The number of aliphatic carboxylic acids is 1. The average Bonchev–Trinajstić information content (AvgIpc) is 2.16. The molecule has 1 unspecified atom stereocenters. The summed E-state index contributed by atoms with van der Waals surface area (Å²) in [5.41, 5.74) is 2.29. The quantitative estimate of drug-likeness (QED) is 0.753. The van der Waals surface area contributed by atoms with Crippen molar-refractivity contribution in [1.82, 2.24) is 0 Å². The fourth-order valence-corrected chi connectivity index (χ4v) is 1.18. The Labute approximate surface area is 94.5 Å². The highest BCUT2D eigenvalue weighted by Gasteiger charge is 2.06. The summed E-state index contributed by atoms with van der Waals surface area (Å²) in [6.45, 7) is 4.65. The molecule has 0 aliphatic heterocycles. The van der Waals surface area contributed by atoms with E-state index in [9.17, 15) is 9.90 Å². The topological polar surface area (TPSA) is 74.6 Å². The fourth-order valence-electron chi connectivity index (χ4n) is 1.18. The zero-order valence-corrected chi connectivity index (χ0v) is 9.60. The van der Waals surface area contributed by atoms with Crippen LogP contribution in [0.2, 0.25) is 0 Å². The van der Waals surface area contributed by atoms with Gasteiger partial charge in [0.05, 0.1) is 6.10 Å². The van der Waals surface area contributed by atoms with Crippen LogP contribution < -0.4 is 0 Å². The maximum absolute atomic E-state index is 10.6. The van der Waals surface area contributed by atoms with Crippen LogP contribution in [-0.2, 0) is 4.79 Å². The lowest BCUT2D eigenvalue weighted by Crippen LogP contribution is -1.97. The molecule has 0 bridgehead atoms. The number of carbonyl (C=O) groups is 2. The smallest absolute Gasteiger partial charge is 0.300 e. The Kier molecular flexibility index (Phi) is 6.03. The van der Waals surface area contributed by atoms with Crippen LogP contribution in [0.25, 0.3) is 0 Å². The number of hydrogen-bond donors (Lipinski definition) is 2. The molecule has 1 aromatic rings. The van der Waals surface area contributed by atoms with Crippen molar-refractivity contribution in [3.8, 4) is 0 Å². The molecule has 0 aliphatic carbocycles. The number of hydrogen-bond acceptors (Lipinski definition) is 3. The largest absolute Gasteiger partial charge is 0.481 e. The lowest BCUT2D eigenvalue weighted by atomic mass is 10.0. The minimum atomic E-state index is -0.833. The summed E-state index contributed by atoms with van der Waals surface area (Å²) in [4.78, 5) is 19.6. The molecule has 0 aliphatic rings. The number of aliphatic hydroxyl groups excluding tert-OH is 1. The van der Waals surface area contributed by atoms with Gasteiger partial charge in [-0.15, -0.1) is 0 Å². The van der Waals surface area contributed by atoms with Crippen LogP contribution in [0.1, 0.15) is 41.4 Å². The third-order valence-corrected chi connectivity index (χ3v) is 1.82. The Balaban J connectivity index is 0.000000487. The number of carboxylic acid groups (broad SMARTS) is 1. The van der Waals surface area contributed by atoms with Crippen LogP contribution in [-0.4, -0.2) is 22.5 Å². The molecule has 88 valence electrons. The second-order valence-electron chi connectivity index (χ2n) is 3.45. The van der Waals surface area contributed by atoms with Crippen molar-refractivity contribution in [3.63, 3.8) is 0 Å². The van der Waals surface area contributed by atoms with Crippen LogP contribution in [0.4, 0.5) is 0 Å². The number of benzene rings is 1. The van der Waals surface area contributed by atoms with Crippen molar-refractivity contribution in [2.24, 2.45) is 0 Å². The summed E-state index contributed by atoms with van der Waals surface area (Å²) in [7, 11) is 0. The molecule has 0 saturated carbocycles. The molecule has 0 fully saturated rings. The lowest BCUT2D eigenvalue weighted by molar-refractivity contribution is -0.134. The molecule has 1 aromatic carbocycles. The Hall–Kier alpha value is -1.68. The van der Waals surface area contributed by atoms with Gasteiger partial charge >= 0.3 is 0 Å². The van der Waals surface area contributed by atoms with E-state index in [-0.39, 0.29) is 0 Å². The number of aldehydes is 1. The van der Waals surface area contributed by atoms with Crippen molar-refractivity contribution >= 4 is 12.3 Å². The van der Waals surface area contributed by atoms with Crippen LogP contribution >= 0.6 is 0 Å². The Morgan fingerprint density at radius 3 is 2.31 bits per heavy atom. The van der Waals surface area contributed by atoms with Crippen molar-refractivity contribution in [1.29, 1.82) is 0 Å².